The Kier molecular flexibility index (Phi) is 3.59. The smallest absolute Gasteiger partial charge is 0.229 e. The van der Waals surface area contributed by atoms with E-state index in [2.05, 4.69) is 0 Å². The maximum absolute atomic E-state index is 11.7. The van der Waals surface area contributed by atoms with E-state index in [1.165, 1.54) is 17.7 Å². The number of hydrogen-bond acceptors (Lipinski definition) is 3. The third-order valence-electron chi connectivity index (χ3n) is 3.84. The van der Waals surface area contributed by atoms with Gasteiger partial charge in [-0.1, -0.05) is 19.3 Å². The van der Waals surface area contributed by atoms with Gasteiger partial charge in [-0.2, -0.15) is 0 Å². The molecule has 2 unspecified atom stereocenters. The van der Waals surface area contributed by atoms with Crippen molar-refractivity contribution in [2.45, 2.75) is 51.0 Å². The highest BCUT2D eigenvalue weighted by molar-refractivity contribution is 6.02. The van der Waals surface area contributed by atoms with E-state index in [1.807, 2.05) is 0 Å². The van der Waals surface area contributed by atoms with Crippen molar-refractivity contribution in [2.75, 3.05) is 6.54 Å². The van der Waals surface area contributed by atoms with Gasteiger partial charge in [-0.25, -0.2) is 0 Å². The molecule has 2 atom stereocenters. The predicted octanol–water partition coefficient (Wildman–Crippen LogP) is 1.04. The van der Waals surface area contributed by atoms with Crippen LogP contribution in [-0.4, -0.2) is 29.3 Å². The van der Waals surface area contributed by atoms with Crippen LogP contribution in [0.2, 0.25) is 0 Å². The number of hydrogen-bond donors (Lipinski definition) is 1. The Morgan fingerprint density at radius 3 is 2.31 bits per heavy atom. The van der Waals surface area contributed by atoms with Crippen molar-refractivity contribution in [1.29, 1.82) is 0 Å². The molecule has 1 aliphatic carbocycles. The summed E-state index contributed by atoms with van der Waals surface area (Å²) >= 11 is 0. The molecule has 1 saturated heterocycles. The summed E-state index contributed by atoms with van der Waals surface area (Å²) in [5.41, 5.74) is 5.77. The zero-order valence-corrected chi connectivity index (χ0v) is 9.65. The SMILES string of the molecule is NCC1CCCCCC1N1C(=O)CCC1=O. The Balaban J connectivity index is 2.15. The maximum atomic E-state index is 11.7. The zero-order chi connectivity index (χ0) is 11.5. The first-order valence-corrected chi connectivity index (χ1v) is 6.29. The Labute approximate surface area is 96.2 Å². The van der Waals surface area contributed by atoms with Gasteiger partial charge < -0.3 is 5.73 Å². The lowest BCUT2D eigenvalue weighted by Crippen LogP contribution is -2.45. The Morgan fingerprint density at radius 2 is 1.69 bits per heavy atom. The van der Waals surface area contributed by atoms with Crippen molar-refractivity contribution < 1.29 is 9.59 Å². The fraction of sp³-hybridized carbons (Fsp3) is 0.833. The molecular weight excluding hydrogens is 204 g/mol. The molecule has 2 aliphatic rings. The van der Waals surface area contributed by atoms with Gasteiger partial charge in [-0.05, 0) is 25.3 Å². The fourth-order valence-electron chi connectivity index (χ4n) is 2.94. The molecule has 0 bridgehead atoms. The number of carbonyl (C=O) groups excluding carboxylic acids is 2. The van der Waals surface area contributed by atoms with Gasteiger partial charge in [0.2, 0.25) is 11.8 Å². The largest absolute Gasteiger partial charge is 0.330 e. The average Bonchev–Trinajstić information content (AvgIpc) is 2.52. The lowest BCUT2D eigenvalue weighted by molar-refractivity contribution is -0.142. The van der Waals surface area contributed by atoms with Gasteiger partial charge in [-0.3, -0.25) is 14.5 Å². The van der Waals surface area contributed by atoms with Crippen LogP contribution < -0.4 is 5.73 Å². The fourth-order valence-corrected chi connectivity index (χ4v) is 2.94. The number of carbonyl (C=O) groups is 2. The van der Waals surface area contributed by atoms with Crippen molar-refractivity contribution in [2.24, 2.45) is 11.7 Å². The molecule has 0 radical (unpaired) electrons. The first-order valence-electron chi connectivity index (χ1n) is 6.29. The molecule has 4 heteroatoms. The molecule has 1 aliphatic heterocycles. The monoisotopic (exact) mass is 224 g/mol. The summed E-state index contributed by atoms with van der Waals surface area (Å²) < 4.78 is 0. The standard InChI is InChI=1S/C12H20N2O2/c13-8-9-4-2-1-3-5-10(9)14-11(15)6-7-12(14)16/h9-10H,1-8,13H2. The second-order valence-electron chi connectivity index (χ2n) is 4.86. The molecule has 1 saturated carbocycles. The molecule has 0 spiro atoms. The predicted molar refractivity (Wildman–Crippen MR) is 60.5 cm³/mol. The van der Waals surface area contributed by atoms with E-state index >= 15 is 0 Å². The zero-order valence-electron chi connectivity index (χ0n) is 9.65. The lowest BCUT2D eigenvalue weighted by Gasteiger charge is -2.31. The second kappa shape index (κ2) is 4.95. The minimum Gasteiger partial charge on any atom is -0.330 e. The molecule has 4 nitrogen and oxygen atoms in total. The van der Waals surface area contributed by atoms with E-state index in [0.717, 1.165) is 19.3 Å². The molecule has 0 aromatic heterocycles. The van der Waals surface area contributed by atoms with Gasteiger partial charge >= 0.3 is 0 Å². The highest BCUT2D eigenvalue weighted by Crippen LogP contribution is 2.30. The van der Waals surface area contributed by atoms with Crippen LogP contribution in [0.25, 0.3) is 0 Å². The Morgan fingerprint density at radius 1 is 1.06 bits per heavy atom. The number of nitrogens with zero attached hydrogens (tertiary/aromatic N) is 1. The molecule has 0 aromatic rings. The first kappa shape index (κ1) is 11.6. The topological polar surface area (TPSA) is 63.4 Å². The van der Waals surface area contributed by atoms with E-state index in [1.54, 1.807) is 0 Å². The van der Waals surface area contributed by atoms with Gasteiger partial charge in [-0.15, -0.1) is 0 Å². The molecule has 90 valence electrons. The molecule has 16 heavy (non-hydrogen) atoms. The third kappa shape index (κ3) is 2.12. The number of amides is 2. The highest BCUT2D eigenvalue weighted by atomic mass is 16.2. The van der Waals surface area contributed by atoms with E-state index in [9.17, 15) is 9.59 Å². The average molecular weight is 224 g/mol. The minimum absolute atomic E-state index is 0.00958. The lowest BCUT2D eigenvalue weighted by atomic mass is 9.93. The number of rotatable bonds is 2. The summed E-state index contributed by atoms with van der Waals surface area (Å²) in [4.78, 5) is 25.0. The summed E-state index contributed by atoms with van der Waals surface area (Å²) in [6.07, 6.45) is 6.27. The van der Waals surface area contributed by atoms with Crippen LogP contribution in [0.4, 0.5) is 0 Å². The normalized spacial score (nSPS) is 31.9. The second-order valence-corrected chi connectivity index (χ2v) is 4.86. The molecule has 1 heterocycles. The van der Waals surface area contributed by atoms with Gasteiger partial charge in [0.15, 0.2) is 0 Å². The van der Waals surface area contributed by atoms with E-state index in [-0.39, 0.29) is 17.9 Å². The molecule has 2 N–H and O–H groups in total. The Hall–Kier alpha value is -0.900. The van der Waals surface area contributed by atoms with Crippen LogP contribution in [0.1, 0.15) is 44.9 Å². The summed E-state index contributed by atoms with van der Waals surface area (Å²) in [7, 11) is 0. The van der Waals surface area contributed by atoms with E-state index in [4.69, 9.17) is 5.73 Å². The third-order valence-corrected chi connectivity index (χ3v) is 3.84. The van der Waals surface area contributed by atoms with Crippen LogP contribution in [0, 0.1) is 5.92 Å². The van der Waals surface area contributed by atoms with Crippen LogP contribution >= 0.6 is 0 Å². The van der Waals surface area contributed by atoms with Crippen LogP contribution in [0.5, 0.6) is 0 Å². The van der Waals surface area contributed by atoms with Gasteiger partial charge in [0.25, 0.3) is 0 Å². The van der Waals surface area contributed by atoms with E-state index in [0.29, 0.717) is 25.3 Å². The van der Waals surface area contributed by atoms with Gasteiger partial charge in [0, 0.05) is 18.9 Å². The summed E-state index contributed by atoms with van der Waals surface area (Å²) in [5, 5.41) is 0. The summed E-state index contributed by atoms with van der Waals surface area (Å²) in [5.74, 6) is 0.333. The van der Waals surface area contributed by atoms with Crippen LogP contribution in [0.15, 0.2) is 0 Å². The molecule has 2 amide bonds. The first-order chi connectivity index (χ1) is 7.74. The molecular formula is C12H20N2O2. The molecule has 2 fully saturated rings. The maximum Gasteiger partial charge on any atom is 0.229 e. The van der Waals surface area contributed by atoms with Crippen molar-refractivity contribution in [3.63, 3.8) is 0 Å². The van der Waals surface area contributed by atoms with Gasteiger partial charge in [0.05, 0.1) is 0 Å². The van der Waals surface area contributed by atoms with Crippen molar-refractivity contribution in [1.82, 2.24) is 4.90 Å². The van der Waals surface area contributed by atoms with Crippen LogP contribution in [-0.2, 0) is 9.59 Å². The molecule has 0 aromatic carbocycles. The number of imide groups is 1. The van der Waals surface area contributed by atoms with Crippen molar-refractivity contribution in [3.05, 3.63) is 0 Å². The van der Waals surface area contributed by atoms with Crippen molar-refractivity contribution in [3.8, 4) is 0 Å². The van der Waals surface area contributed by atoms with Crippen LogP contribution in [0.3, 0.4) is 0 Å². The number of likely N-dealkylation sites (tertiary alicyclic amines) is 1. The van der Waals surface area contributed by atoms with Gasteiger partial charge in [0.1, 0.15) is 0 Å². The van der Waals surface area contributed by atoms with E-state index < -0.39 is 0 Å². The van der Waals surface area contributed by atoms with Crippen molar-refractivity contribution >= 4 is 11.8 Å². The molecule has 2 rings (SSSR count). The highest BCUT2D eigenvalue weighted by Gasteiger charge is 2.38. The summed E-state index contributed by atoms with van der Waals surface area (Å²) in [6.45, 7) is 0.585. The number of nitrogens with two attached hydrogens (primary N) is 1. The Bertz CT molecular complexity index is 275. The quantitative estimate of drug-likeness (QED) is 0.563. The summed E-state index contributed by atoms with van der Waals surface area (Å²) in [6, 6.07) is 0.0787. The minimum atomic E-state index is 0.00958.